The molecule has 0 aliphatic carbocycles. The van der Waals surface area contributed by atoms with Crippen LogP contribution in [0.15, 0.2) is 0 Å². The van der Waals surface area contributed by atoms with Crippen LogP contribution in [0.5, 0.6) is 0 Å². The summed E-state index contributed by atoms with van der Waals surface area (Å²) in [4.78, 5) is 36.6. The fourth-order valence-electron chi connectivity index (χ4n) is 3.69. The van der Waals surface area contributed by atoms with E-state index >= 15 is 0 Å². The zero-order valence-corrected chi connectivity index (χ0v) is 21.9. The molecular formula is C24H48N4O6. The molecule has 0 fully saturated rings. The minimum absolute atomic E-state index is 0.0364. The Morgan fingerprint density at radius 1 is 0.824 bits per heavy atom. The molecule has 0 heterocycles. The van der Waals surface area contributed by atoms with Gasteiger partial charge in [0.15, 0.2) is 0 Å². The van der Waals surface area contributed by atoms with Gasteiger partial charge in [-0.15, -0.1) is 0 Å². The summed E-state index contributed by atoms with van der Waals surface area (Å²) in [6.45, 7) is 11.3. The molecule has 0 aromatic carbocycles. The lowest BCUT2D eigenvalue weighted by molar-refractivity contribution is 0.0285. The summed E-state index contributed by atoms with van der Waals surface area (Å²) in [6, 6.07) is -0.0728. The maximum atomic E-state index is 11.8. The number of nitrogens with two attached hydrogens (primary N) is 2. The second-order valence-electron chi connectivity index (χ2n) is 9.58. The highest BCUT2D eigenvalue weighted by Gasteiger charge is 2.27. The molecule has 2 unspecified atom stereocenters. The maximum absolute atomic E-state index is 11.8. The standard InChI is InChI=1S/C24H48N4O6/c1-6-8-13-19(17-32-21(25)29)28(20(14-9-7-2)18-33-22(26)30)16-12-10-11-15-27-23(31)34-24(3,4)5/h19-20H,6-18H2,1-5H3,(H2,25,29)(H2,26,30)(H,27,31). The number of nitrogens with one attached hydrogen (secondary N) is 1. The zero-order valence-electron chi connectivity index (χ0n) is 21.9. The zero-order chi connectivity index (χ0) is 26.0. The van der Waals surface area contributed by atoms with E-state index < -0.39 is 23.9 Å². The van der Waals surface area contributed by atoms with E-state index in [9.17, 15) is 14.4 Å². The third-order valence-electron chi connectivity index (χ3n) is 5.32. The van der Waals surface area contributed by atoms with Gasteiger partial charge in [-0.05, 0) is 53.0 Å². The van der Waals surface area contributed by atoms with E-state index in [1.807, 2.05) is 20.8 Å². The van der Waals surface area contributed by atoms with Gasteiger partial charge in [0.1, 0.15) is 18.8 Å². The van der Waals surface area contributed by atoms with Gasteiger partial charge in [-0.1, -0.05) is 46.0 Å². The first kappa shape index (κ1) is 31.8. The summed E-state index contributed by atoms with van der Waals surface area (Å²) >= 11 is 0. The van der Waals surface area contributed by atoms with Crippen LogP contribution >= 0.6 is 0 Å². The normalized spacial score (nSPS) is 13.2. The fourth-order valence-corrected chi connectivity index (χ4v) is 3.69. The molecule has 0 aromatic rings. The number of hydrogen-bond acceptors (Lipinski definition) is 7. The van der Waals surface area contributed by atoms with Crippen molar-refractivity contribution >= 4 is 18.3 Å². The smallest absolute Gasteiger partial charge is 0.407 e. The SMILES string of the molecule is CCCCC(COC(N)=O)N(CCCCCNC(=O)OC(C)(C)C)C(CCCC)COC(N)=O. The van der Waals surface area contributed by atoms with Gasteiger partial charge < -0.3 is 31.0 Å². The van der Waals surface area contributed by atoms with Gasteiger partial charge >= 0.3 is 18.3 Å². The van der Waals surface area contributed by atoms with Gasteiger partial charge in [-0.2, -0.15) is 0 Å². The molecule has 0 rings (SSSR count). The summed E-state index contributed by atoms with van der Waals surface area (Å²) < 4.78 is 15.6. The monoisotopic (exact) mass is 488 g/mol. The molecule has 3 amide bonds. The number of unbranched alkanes of at least 4 members (excludes halogenated alkanes) is 4. The predicted molar refractivity (Wildman–Crippen MR) is 132 cm³/mol. The van der Waals surface area contributed by atoms with Crippen molar-refractivity contribution in [3.8, 4) is 0 Å². The molecule has 0 radical (unpaired) electrons. The second kappa shape index (κ2) is 18.1. The highest BCUT2D eigenvalue weighted by atomic mass is 16.6. The van der Waals surface area contributed by atoms with Crippen LogP contribution in [0.4, 0.5) is 14.4 Å². The first-order chi connectivity index (χ1) is 16.0. The van der Waals surface area contributed by atoms with Crippen LogP contribution in [-0.4, -0.2) is 67.2 Å². The molecular weight excluding hydrogens is 440 g/mol. The number of carbonyl (C=O) groups excluding carboxylic acids is 3. The van der Waals surface area contributed by atoms with Crippen LogP contribution in [-0.2, 0) is 14.2 Å². The molecule has 0 aliphatic heterocycles. The molecule has 2 atom stereocenters. The number of ether oxygens (including phenoxy) is 3. The number of primary amides is 2. The lowest BCUT2D eigenvalue weighted by Crippen LogP contribution is -2.49. The van der Waals surface area contributed by atoms with Crippen LogP contribution in [0.25, 0.3) is 0 Å². The number of rotatable bonds is 18. The Bertz CT molecular complexity index is 552. The molecule has 5 N–H and O–H groups in total. The molecule has 10 nitrogen and oxygen atoms in total. The summed E-state index contributed by atoms with van der Waals surface area (Å²) in [5, 5.41) is 2.78. The van der Waals surface area contributed by atoms with Gasteiger partial charge in [0.2, 0.25) is 0 Å². The van der Waals surface area contributed by atoms with Gasteiger partial charge in [0.25, 0.3) is 0 Å². The lowest BCUT2D eigenvalue weighted by atomic mass is 10.0. The highest BCUT2D eigenvalue weighted by Crippen LogP contribution is 2.19. The second-order valence-corrected chi connectivity index (χ2v) is 9.58. The first-order valence-electron chi connectivity index (χ1n) is 12.6. The summed E-state index contributed by atoms with van der Waals surface area (Å²) in [6.07, 6.45) is 6.19. The van der Waals surface area contributed by atoms with Crippen molar-refractivity contribution in [3.63, 3.8) is 0 Å². The Morgan fingerprint density at radius 2 is 1.32 bits per heavy atom. The molecule has 0 aromatic heterocycles. The Morgan fingerprint density at radius 3 is 1.74 bits per heavy atom. The Hall–Kier alpha value is -2.23. The maximum Gasteiger partial charge on any atom is 0.407 e. The van der Waals surface area contributed by atoms with Crippen LogP contribution < -0.4 is 16.8 Å². The van der Waals surface area contributed by atoms with Crippen molar-refractivity contribution < 1.29 is 28.6 Å². The van der Waals surface area contributed by atoms with Crippen molar-refractivity contribution in [2.75, 3.05) is 26.3 Å². The minimum Gasteiger partial charge on any atom is -0.448 e. The van der Waals surface area contributed by atoms with Crippen molar-refractivity contribution in [2.45, 2.75) is 110 Å². The van der Waals surface area contributed by atoms with Gasteiger partial charge in [0.05, 0.1) is 0 Å². The minimum atomic E-state index is -0.798. The predicted octanol–water partition coefficient (Wildman–Crippen LogP) is 4.29. The van der Waals surface area contributed by atoms with E-state index in [1.165, 1.54) is 0 Å². The van der Waals surface area contributed by atoms with Crippen LogP contribution in [0.1, 0.15) is 92.4 Å². The Labute approximate surface area is 205 Å². The van der Waals surface area contributed by atoms with Gasteiger partial charge in [-0.25, -0.2) is 14.4 Å². The van der Waals surface area contributed by atoms with Gasteiger partial charge in [0, 0.05) is 18.6 Å². The van der Waals surface area contributed by atoms with E-state index in [-0.39, 0.29) is 25.3 Å². The molecule has 0 saturated heterocycles. The average molecular weight is 489 g/mol. The van der Waals surface area contributed by atoms with Crippen LogP contribution in [0.2, 0.25) is 0 Å². The fraction of sp³-hybridized carbons (Fsp3) is 0.875. The molecule has 34 heavy (non-hydrogen) atoms. The Kier molecular flexibility index (Phi) is 17.0. The van der Waals surface area contributed by atoms with Gasteiger partial charge in [-0.3, -0.25) is 4.90 Å². The Balaban J connectivity index is 5.11. The number of nitrogens with zero attached hydrogens (tertiary/aromatic N) is 1. The van der Waals surface area contributed by atoms with E-state index in [4.69, 9.17) is 25.7 Å². The van der Waals surface area contributed by atoms with Crippen molar-refractivity contribution in [1.82, 2.24) is 10.2 Å². The van der Waals surface area contributed by atoms with Crippen molar-refractivity contribution in [3.05, 3.63) is 0 Å². The average Bonchev–Trinajstić information content (AvgIpc) is 2.73. The van der Waals surface area contributed by atoms with Crippen molar-refractivity contribution in [2.24, 2.45) is 11.5 Å². The summed E-state index contributed by atoms with van der Waals surface area (Å²) in [5.41, 5.74) is 9.94. The molecule has 0 spiro atoms. The van der Waals surface area contributed by atoms with Crippen molar-refractivity contribution in [1.29, 1.82) is 0 Å². The number of amides is 3. The van der Waals surface area contributed by atoms with E-state index in [0.29, 0.717) is 6.54 Å². The largest absolute Gasteiger partial charge is 0.448 e. The lowest BCUT2D eigenvalue weighted by Gasteiger charge is -2.38. The van der Waals surface area contributed by atoms with E-state index in [2.05, 4.69) is 24.1 Å². The number of alkyl carbamates (subject to hydrolysis) is 1. The highest BCUT2D eigenvalue weighted by molar-refractivity contribution is 5.67. The quantitative estimate of drug-likeness (QED) is 0.193. The van der Waals surface area contributed by atoms with E-state index in [0.717, 1.165) is 64.3 Å². The molecule has 0 aliphatic rings. The third-order valence-corrected chi connectivity index (χ3v) is 5.32. The molecule has 0 bridgehead atoms. The molecule has 200 valence electrons. The topological polar surface area (TPSA) is 146 Å². The first-order valence-corrected chi connectivity index (χ1v) is 12.6. The van der Waals surface area contributed by atoms with Crippen LogP contribution in [0.3, 0.4) is 0 Å². The third kappa shape index (κ3) is 17.3. The van der Waals surface area contributed by atoms with E-state index in [1.54, 1.807) is 0 Å². The number of hydrogen-bond donors (Lipinski definition) is 3. The molecule has 10 heteroatoms. The van der Waals surface area contributed by atoms with Crippen LogP contribution in [0, 0.1) is 0 Å². The summed E-state index contributed by atoms with van der Waals surface area (Å²) in [7, 11) is 0. The number of carbonyl (C=O) groups is 3. The molecule has 0 saturated carbocycles. The summed E-state index contributed by atoms with van der Waals surface area (Å²) in [5.74, 6) is 0.